The van der Waals surface area contributed by atoms with Gasteiger partial charge in [0.05, 0.1) is 11.8 Å². The highest BCUT2D eigenvalue weighted by Gasteiger charge is 2.22. The van der Waals surface area contributed by atoms with E-state index in [0.29, 0.717) is 6.54 Å². The molecule has 1 fully saturated rings. The zero-order valence-electron chi connectivity index (χ0n) is 14.2. The monoisotopic (exact) mass is 393 g/mol. The molecule has 0 unspecified atom stereocenters. The van der Waals surface area contributed by atoms with Gasteiger partial charge >= 0.3 is 0 Å². The van der Waals surface area contributed by atoms with Crippen LogP contribution < -0.4 is 4.90 Å². The lowest BCUT2D eigenvalue weighted by atomic mass is 10.2. The van der Waals surface area contributed by atoms with E-state index in [2.05, 4.69) is 28.1 Å². The summed E-state index contributed by atoms with van der Waals surface area (Å²) in [7, 11) is 0. The molecule has 26 heavy (non-hydrogen) atoms. The first-order valence-corrected chi connectivity index (χ1v) is 8.14. The van der Waals surface area contributed by atoms with Crippen molar-refractivity contribution in [2.45, 2.75) is 6.54 Å². The summed E-state index contributed by atoms with van der Waals surface area (Å²) in [5, 5.41) is 1.15. The Morgan fingerprint density at radius 1 is 1.00 bits per heavy atom. The number of benzene rings is 1. The van der Waals surface area contributed by atoms with Crippen molar-refractivity contribution in [2.24, 2.45) is 0 Å². The Bertz CT molecular complexity index is 848. The standard InChI is InChI=1S/C18H19N5O.2ClH/c24-18(13-21-8-7-19-14-21)23-11-9-22(10-12-23)17-6-5-15-3-1-2-4-16(15)20-17;;/h1-8,14H,9-13H2;2*1H. The van der Waals surface area contributed by atoms with Crippen LogP contribution in [0.2, 0.25) is 0 Å². The molecule has 1 aliphatic rings. The second kappa shape index (κ2) is 8.87. The van der Waals surface area contributed by atoms with Crippen molar-refractivity contribution in [2.75, 3.05) is 31.1 Å². The normalized spacial score (nSPS) is 13.8. The zero-order valence-corrected chi connectivity index (χ0v) is 15.8. The van der Waals surface area contributed by atoms with Crippen LogP contribution in [0.3, 0.4) is 0 Å². The first kappa shape index (κ1) is 20.0. The Hall–Kier alpha value is -2.31. The number of nitrogens with zero attached hydrogens (tertiary/aromatic N) is 5. The Morgan fingerprint density at radius 3 is 2.50 bits per heavy atom. The number of fused-ring (bicyclic) bond motifs is 1. The molecule has 4 rings (SSSR count). The summed E-state index contributed by atoms with van der Waals surface area (Å²) in [4.78, 5) is 25.2. The maximum absolute atomic E-state index is 12.3. The number of pyridine rings is 1. The van der Waals surface area contributed by atoms with Crippen molar-refractivity contribution in [3.8, 4) is 0 Å². The predicted molar refractivity (Wildman–Crippen MR) is 107 cm³/mol. The summed E-state index contributed by atoms with van der Waals surface area (Å²) in [5.74, 6) is 1.12. The van der Waals surface area contributed by atoms with Gasteiger partial charge in [-0.15, -0.1) is 24.8 Å². The van der Waals surface area contributed by atoms with Crippen LogP contribution in [0.1, 0.15) is 0 Å². The van der Waals surface area contributed by atoms with Gasteiger partial charge in [-0.25, -0.2) is 9.97 Å². The number of anilines is 1. The van der Waals surface area contributed by atoms with Crippen molar-refractivity contribution in [3.63, 3.8) is 0 Å². The van der Waals surface area contributed by atoms with Crippen molar-refractivity contribution in [3.05, 3.63) is 55.1 Å². The summed E-state index contributed by atoms with van der Waals surface area (Å²) < 4.78 is 1.81. The Morgan fingerprint density at radius 2 is 1.77 bits per heavy atom. The quantitative estimate of drug-likeness (QED) is 0.686. The maximum Gasteiger partial charge on any atom is 0.242 e. The molecule has 3 heterocycles. The Labute approximate surface area is 164 Å². The van der Waals surface area contributed by atoms with Crippen LogP contribution in [0.15, 0.2) is 55.1 Å². The van der Waals surface area contributed by atoms with Crippen molar-refractivity contribution in [1.82, 2.24) is 19.4 Å². The highest BCUT2D eigenvalue weighted by Crippen LogP contribution is 2.19. The van der Waals surface area contributed by atoms with E-state index in [-0.39, 0.29) is 30.7 Å². The van der Waals surface area contributed by atoms with E-state index in [4.69, 9.17) is 4.98 Å². The lowest BCUT2D eigenvalue weighted by molar-refractivity contribution is -0.132. The van der Waals surface area contributed by atoms with Gasteiger partial charge in [-0.2, -0.15) is 0 Å². The molecule has 1 saturated heterocycles. The molecule has 0 aliphatic carbocycles. The summed E-state index contributed by atoms with van der Waals surface area (Å²) in [6.45, 7) is 3.42. The van der Waals surface area contributed by atoms with Gasteiger partial charge in [0.25, 0.3) is 0 Å². The van der Waals surface area contributed by atoms with Crippen molar-refractivity contribution >= 4 is 47.4 Å². The van der Waals surface area contributed by atoms with E-state index >= 15 is 0 Å². The summed E-state index contributed by atoms with van der Waals surface area (Å²) in [5.41, 5.74) is 1.01. The first-order chi connectivity index (χ1) is 11.8. The average molecular weight is 394 g/mol. The van der Waals surface area contributed by atoms with Gasteiger partial charge in [-0.3, -0.25) is 4.79 Å². The number of piperazine rings is 1. The van der Waals surface area contributed by atoms with Crippen LogP contribution in [0.5, 0.6) is 0 Å². The number of rotatable bonds is 3. The van der Waals surface area contributed by atoms with Gasteiger partial charge in [0.2, 0.25) is 5.91 Å². The fraction of sp³-hybridized carbons (Fsp3) is 0.278. The summed E-state index contributed by atoms with van der Waals surface area (Å²) in [6.07, 6.45) is 5.18. The molecule has 0 saturated carbocycles. The third-order valence-corrected chi connectivity index (χ3v) is 4.42. The third-order valence-electron chi connectivity index (χ3n) is 4.42. The lowest BCUT2D eigenvalue weighted by Crippen LogP contribution is -2.49. The molecule has 8 heteroatoms. The SMILES string of the molecule is Cl.Cl.O=C(Cn1ccnc1)N1CCN(c2ccc3ccccc3n2)CC1. The molecule has 2 aromatic heterocycles. The van der Waals surface area contributed by atoms with Gasteiger partial charge in [-0.1, -0.05) is 18.2 Å². The molecule has 0 atom stereocenters. The molecule has 138 valence electrons. The van der Waals surface area contributed by atoms with Crippen molar-refractivity contribution < 1.29 is 4.79 Å². The van der Waals surface area contributed by atoms with Gasteiger partial charge in [-0.05, 0) is 18.2 Å². The number of hydrogen-bond donors (Lipinski definition) is 0. The van der Waals surface area contributed by atoms with E-state index in [9.17, 15) is 4.79 Å². The van der Waals surface area contributed by atoms with E-state index < -0.39 is 0 Å². The molecule has 3 aromatic rings. The number of amides is 1. The van der Waals surface area contributed by atoms with E-state index in [0.717, 1.165) is 42.9 Å². The van der Waals surface area contributed by atoms with Gasteiger partial charge in [0.1, 0.15) is 12.4 Å². The highest BCUT2D eigenvalue weighted by atomic mass is 35.5. The highest BCUT2D eigenvalue weighted by molar-refractivity contribution is 5.85. The molecule has 1 amide bonds. The smallest absolute Gasteiger partial charge is 0.242 e. The molecule has 0 N–H and O–H groups in total. The molecular formula is C18H21Cl2N5O. The minimum absolute atomic E-state index is 0. The van der Waals surface area contributed by atoms with Crippen LogP contribution in [-0.4, -0.2) is 51.5 Å². The minimum atomic E-state index is 0. The van der Waals surface area contributed by atoms with Crippen LogP contribution in [0.4, 0.5) is 5.82 Å². The third kappa shape index (κ3) is 4.26. The lowest BCUT2D eigenvalue weighted by Gasteiger charge is -2.35. The molecule has 6 nitrogen and oxygen atoms in total. The average Bonchev–Trinajstić information content (AvgIpc) is 3.14. The number of carbonyl (C=O) groups excluding carboxylic acids is 1. The molecule has 0 radical (unpaired) electrons. The fourth-order valence-electron chi connectivity index (χ4n) is 3.05. The van der Waals surface area contributed by atoms with Crippen molar-refractivity contribution in [1.29, 1.82) is 0 Å². The van der Waals surface area contributed by atoms with Gasteiger partial charge in [0.15, 0.2) is 0 Å². The predicted octanol–water partition coefficient (Wildman–Crippen LogP) is 2.62. The molecule has 0 bridgehead atoms. The number of para-hydroxylation sites is 1. The van der Waals surface area contributed by atoms with Crippen LogP contribution in [-0.2, 0) is 11.3 Å². The number of carbonyl (C=O) groups is 1. The Kier molecular flexibility index (Phi) is 6.83. The van der Waals surface area contributed by atoms with E-state index in [1.165, 1.54) is 0 Å². The molecular weight excluding hydrogens is 373 g/mol. The maximum atomic E-state index is 12.3. The van der Waals surface area contributed by atoms with Crippen LogP contribution in [0, 0.1) is 0 Å². The molecule has 0 spiro atoms. The topological polar surface area (TPSA) is 54.3 Å². The van der Waals surface area contributed by atoms with E-state index in [1.807, 2.05) is 29.3 Å². The van der Waals surface area contributed by atoms with E-state index in [1.54, 1.807) is 17.1 Å². The second-order valence-corrected chi connectivity index (χ2v) is 5.97. The van der Waals surface area contributed by atoms with Crippen LogP contribution >= 0.6 is 24.8 Å². The van der Waals surface area contributed by atoms with Crippen LogP contribution in [0.25, 0.3) is 10.9 Å². The minimum Gasteiger partial charge on any atom is -0.353 e. The van der Waals surface area contributed by atoms with Gasteiger partial charge in [0, 0.05) is 44.0 Å². The molecule has 1 aliphatic heterocycles. The van der Waals surface area contributed by atoms with Gasteiger partial charge < -0.3 is 14.4 Å². The first-order valence-electron chi connectivity index (χ1n) is 8.14. The number of imidazole rings is 1. The summed E-state index contributed by atoms with van der Waals surface area (Å²) in [6, 6.07) is 12.3. The fourth-order valence-corrected chi connectivity index (χ4v) is 3.05. The number of halogens is 2. The molecule has 1 aromatic carbocycles. The largest absolute Gasteiger partial charge is 0.353 e. The number of hydrogen-bond acceptors (Lipinski definition) is 4. The second-order valence-electron chi connectivity index (χ2n) is 5.97. The Balaban J connectivity index is 0.00000121. The number of aromatic nitrogens is 3. The zero-order chi connectivity index (χ0) is 16.4. The summed E-state index contributed by atoms with van der Waals surface area (Å²) >= 11 is 0.